The number of nitrogens with one attached hydrogen (secondary N) is 1. The van der Waals surface area contributed by atoms with Crippen LogP contribution >= 0.6 is 0 Å². The molecule has 0 amide bonds. The lowest BCUT2D eigenvalue weighted by Gasteiger charge is -2.25. The molecule has 168 valence electrons. The van der Waals surface area contributed by atoms with Gasteiger partial charge in [-0.3, -0.25) is 4.98 Å². The highest BCUT2D eigenvalue weighted by Gasteiger charge is 2.16. The predicted molar refractivity (Wildman–Crippen MR) is 122 cm³/mol. The summed E-state index contributed by atoms with van der Waals surface area (Å²) in [6.45, 7) is 0.348. The van der Waals surface area contributed by atoms with Crippen molar-refractivity contribution >= 4 is 28.0 Å². The van der Waals surface area contributed by atoms with Crippen molar-refractivity contribution in [1.29, 1.82) is 0 Å². The number of aliphatic hydroxyl groups excluding tert-OH is 1. The number of hydrogen-bond acceptors (Lipinski definition) is 8. The average molecular weight is 439 g/mol. The number of aromatic nitrogens is 2. The first-order valence-electron chi connectivity index (χ1n) is 10.3. The number of aliphatic hydroxyl groups is 1. The molecule has 0 atom stereocenters. The number of fused-ring (bicyclic) bond motifs is 1. The Balaban J connectivity index is 1.73. The van der Waals surface area contributed by atoms with Gasteiger partial charge in [0, 0.05) is 61.5 Å². The van der Waals surface area contributed by atoms with Gasteiger partial charge in [-0.15, -0.1) is 0 Å². The third-order valence-electron chi connectivity index (χ3n) is 5.12. The molecule has 0 radical (unpaired) electrons. The lowest BCUT2D eigenvalue weighted by molar-refractivity contribution is 0.272. The topological polar surface area (TPSA) is 83.0 Å². The van der Waals surface area contributed by atoms with Crippen molar-refractivity contribution in [3.8, 4) is 11.5 Å². The quantitative estimate of drug-likeness (QED) is 0.527. The predicted octanol–water partition coefficient (Wildman–Crippen LogP) is 2.91. The monoisotopic (exact) mass is 439 g/mol. The average Bonchev–Trinajstić information content (AvgIpc) is 3.26. The summed E-state index contributed by atoms with van der Waals surface area (Å²) in [5, 5.41) is 11.6. The van der Waals surface area contributed by atoms with Crippen LogP contribution in [0.4, 0.5) is 15.8 Å². The van der Waals surface area contributed by atoms with E-state index < -0.39 is 6.67 Å². The fraction of sp³-hybridized carbons (Fsp3) is 0.304. The van der Waals surface area contributed by atoms with E-state index >= 15 is 0 Å². The first-order chi connectivity index (χ1) is 15.6. The summed E-state index contributed by atoms with van der Waals surface area (Å²) in [7, 11) is 3.50. The van der Waals surface area contributed by atoms with Gasteiger partial charge in [-0.25, -0.2) is 14.8 Å². The molecule has 0 fully saturated rings. The van der Waals surface area contributed by atoms with Crippen molar-refractivity contribution in [2.24, 2.45) is 0 Å². The third-order valence-corrected chi connectivity index (χ3v) is 5.12. The zero-order chi connectivity index (χ0) is 22.5. The molecule has 0 saturated carbocycles. The van der Waals surface area contributed by atoms with Crippen molar-refractivity contribution in [2.45, 2.75) is 0 Å². The maximum atomic E-state index is 12.6. The molecular weight excluding hydrogens is 413 g/mol. The zero-order valence-electron chi connectivity index (χ0n) is 18.1. The van der Waals surface area contributed by atoms with Crippen molar-refractivity contribution in [3.05, 3.63) is 54.5 Å². The molecule has 0 unspecified atom stereocenters. The minimum Gasteiger partial charge on any atom is -0.497 e. The Morgan fingerprint density at radius 1 is 1.16 bits per heavy atom. The Hall–Kier alpha value is -3.43. The maximum absolute atomic E-state index is 12.6. The van der Waals surface area contributed by atoms with Crippen LogP contribution in [0, 0.1) is 0 Å². The van der Waals surface area contributed by atoms with Gasteiger partial charge in [-0.1, -0.05) is 0 Å². The van der Waals surface area contributed by atoms with Gasteiger partial charge in [-0.2, -0.15) is 0 Å². The SMILES string of the molecule is COc1cc(OCCF)cc(N(CCO)c2ccc3ncc(C4=CN(C)NC4)nc3c2)c1. The molecule has 8 nitrogen and oxygen atoms in total. The van der Waals surface area contributed by atoms with Gasteiger partial charge < -0.3 is 24.5 Å². The van der Waals surface area contributed by atoms with Gasteiger partial charge in [-0.05, 0) is 18.2 Å². The highest BCUT2D eigenvalue weighted by atomic mass is 19.1. The van der Waals surface area contributed by atoms with Crippen LogP contribution in [0.25, 0.3) is 16.6 Å². The second-order valence-corrected chi connectivity index (χ2v) is 7.31. The molecule has 2 heterocycles. The number of anilines is 2. The van der Waals surface area contributed by atoms with E-state index in [2.05, 4.69) is 10.4 Å². The van der Waals surface area contributed by atoms with Crippen LogP contribution < -0.4 is 19.8 Å². The molecule has 0 aliphatic carbocycles. The Morgan fingerprint density at radius 3 is 2.72 bits per heavy atom. The van der Waals surface area contributed by atoms with E-state index in [0.717, 1.165) is 33.7 Å². The van der Waals surface area contributed by atoms with Crippen molar-refractivity contribution in [1.82, 2.24) is 20.4 Å². The number of methoxy groups -OCH3 is 1. The largest absolute Gasteiger partial charge is 0.497 e. The standard InChI is InChI=1S/C23H26FN5O3/c1-28-15-16(13-26-28)23-14-25-21-4-3-17(11-22(21)27-23)29(6-7-30)18-9-19(31-2)12-20(10-18)32-8-5-24/h3-4,9-12,14-15,26,30H,5-8,13H2,1-2H3. The molecule has 9 heteroatoms. The second kappa shape index (κ2) is 9.80. The lowest BCUT2D eigenvalue weighted by atomic mass is 10.1. The molecule has 2 aromatic carbocycles. The molecule has 1 aliphatic heterocycles. The number of alkyl halides is 1. The molecule has 1 aliphatic rings. The third kappa shape index (κ3) is 4.74. The number of halogens is 1. The minimum absolute atomic E-state index is 0.0408. The summed E-state index contributed by atoms with van der Waals surface area (Å²) >= 11 is 0. The van der Waals surface area contributed by atoms with Crippen molar-refractivity contribution < 1.29 is 19.0 Å². The maximum Gasteiger partial charge on any atom is 0.125 e. The highest BCUT2D eigenvalue weighted by Crippen LogP contribution is 2.34. The van der Waals surface area contributed by atoms with Crippen LogP contribution in [0.5, 0.6) is 11.5 Å². The van der Waals surface area contributed by atoms with E-state index in [1.165, 1.54) is 0 Å². The van der Waals surface area contributed by atoms with Crippen LogP contribution in [-0.2, 0) is 0 Å². The summed E-state index contributed by atoms with van der Waals surface area (Å²) in [6, 6.07) is 11.1. The number of nitrogens with zero attached hydrogens (tertiary/aromatic N) is 4. The number of rotatable bonds is 9. The highest BCUT2D eigenvalue weighted by molar-refractivity contribution is 5.82. The molecular formula is C23H26FN5O3. The van der Waals surface area contributed by atoms with E-state index in [0.29, 0.717) is 24.6 Å². The van der Waals surface area contributed by atoms with Crippen LogP contribution in [0.3, 0.4) is 0 Å². The number of hydrogen-bond donors (Lipinski definition) is 2. The molecule has 4 rings (SSSR count). The smallest absolute Gasteiger partial charge is 0.125 e. The van der Waals surface area contributed by atoms with E-state index in [4.69, 9.17) is 14.5 Å². The summed E-state index contributed by atoms with van der Waals surface area (Å²) < 4.78 is 23.5. The van der Waals surface area contributed by atoms with E-state index in [9.17, 15) is 9.50 Å². The number of benzene rings is 2. The van der Waals surface area contributed by atoms with Crippen LogP contribution in [-0.4, -0.2) is 67.2 Å². The van der Waals surface area contributed by atoms with Gasteiger partial charge in [0.15, 0.2) is 0 Å². The molecule has 0 bridgehead atoms. The van der Waals surface area contributed by atoms with E-state index in [1.807, 2.05) is 47.4 Å². The number of ether oxygens (including phenoxy) is 2. The summed E-state index contributed by atoms with van der Waals surface area (Å²) in [5.74, 6) is 1.07. The van der Waals surface area contributed by atoms with Crippen LogP contribution in [0.15, 0.2) is 48.8 Å². The lowest BCUT2D eigenvalue weighted by Crippen LogP contribution is -2.23. The first-order valence-corrected chi connectivity index (χ1v) is 10.3. The minimum atomic E-state index is -0.583. The van der Waals surface area contributed by atoms with Gasteiger partial charge >= 0.3 is 0 Å². The Kier molecular flexibility index (Phi) is 6.67. The molecule has 32 heavy (non-hydrogen) atoms. The zero-order valence-corrected chi connectivity index (χ0v) is 18.1. The molecule has 0 spiro atoms. The van der Waals surface area contributed by atoms with Crippen LogP contribution in [0.1, 0.15) is 5.69 Å². The Labute approximate surface area is 185 Å². The van der Waals surface area contributed by atoms with Crippen molar-refractivity contribution in [3.63, 3.8) is 0 Å². The van der Waals surface area contributed by atoms with Gasteiger partial charge in [0.2, 0.25) is 0 Å². The molecule has 1 aromatic heterocycles. The van der Waals surface area contributed by atoms with Gasteiger partial charge in [0.25, 0.3) is 0 Å². The first kappa shape index (κ1) is 21.8. The fourth-order valence-corrected chi connectivity index (χ4v) is 3.59. The van der Waals surface area contributed by atoms with Crippen molar-refractivity contribution in [2.75, 3.05) is 52.0 Å². The van der Waals surface area contributed by atoms with E-state index in [1.54, 1.807) is 25.4 Å². The van der Waals surface area contributed by atoms with Gasteiger partial charge in [0.1, 0.15) is 24.8 Å². The number of hydrazine groups is 1. The molecule has 2 N–H and O–H groups in total. The normalized spacial score (nSPS) is 13.4. The Morgan fingerprint density at radius 2 is 2.00 bits per heavy atom. The summed E-state index contributed by atoms with van der Waals surface area (Å²) in [5.41, 5.74) is 8.17. The fourth-order valence-electron chi connectivity index (χ4n) is 3.59. The molecule has 3 aromatic rings. The summed E-state index contributed by atoms with van der Waals surface area (Å²) in [4.78, 5) is 11.3. The summed E-state index contributed by atoms with van der Waals surface area (Å²) in [6.07, 6.45) is 3.77. The Bertz CT molecular complexity index is 1120. The van der Waals surface area contributed by atoms with E-state index in [-0.39, 0.29) is 13.2 Å². The second-order valence-electron chi connectivity index (χ2n) is 7.31. The van der Waals surface area contributed by atoms with Gasteiger partial charge in [0.05, 0.1) is 36.6 Å². The molecule has 0 saturated heterocycles. The van der Waals surface area contributed by atoms with Crippen LogP contribution in [0.2, 0.25) is 0 Å².